The van der Waals surface area contributed by atoms with Crippen LogP contribution in [0.3, 0.4) is 0 Å². The second-order valence-corrected chi connectivity index (χ2v) is 4.88. The summed E-state index contributed by atoms with van der Waals surface area (Å²) in [4.78, 5) is 25.1. The van der Waals surface area contributed by atoms with Gasteiger partial charge in [0.2, 0.25) is 11.8 Å². The molecule has 7 heteroatoms. The third kappa shape index (κ3) is 3.34. The van der Waals surface area contributed by atoms with E-state index in [1.54, 1.807) is 0 Å². The molecule has 1 aliphatic heterocycles. The van der Waals surface area contributed by atoms with Crippen molar-refractivity contribution in [1.82, 2.24) is 5.32 Å². The van der Waals surface area contributed by atoms with Crippen LogP contribution in [0.25, 0.3) is 0 Å². The highest BCUT2D eigenvalue weighted by Gasteiger charge is 2.34. The Hall–Kier alpha value is -2.05. The molecule has 4 nitrogen and oxygen atoms in total. The SMILES string of the molecule is CCCC1NC(=O)CN(c2ccc(C(F)(F)F)cc2)C1=O. The fourth-order valence-electron chi connectivity index (χ4n) is 2.24. The van der Waals surface area contributed by atoms with Gasteiger partial charge in [-0.05, 0) is 30.7 Å². The number of piperazine rings is 1. The van der Waals surface area contributed by atoms with Crippen LogP contribution in [-0.2, 0) is 15.8 Å². The van der Waals surface area contributed by atoms with Crippen LogP contribution in [0.15, 0.2) is 24.3 Å². The molecule has 1 unspecified atom stereocenters. The molecule has 1 aromatic rings. The lowest BCUT2D eigenvalue weighted by Crippen LogP contribution is -2.58. The molecule has 0 aliphatic carbocycles. The predicted molar refractivity (Wildman–Crippen MR) is 70.6 cm³/mol. The molecule has 1 heterocycles. The van der Waals surface area contributed by atoms with E-state index in [-0.39, 0.29) is 18.4 Å². The minimum Gasteiger partial charge on any atom is -0.343 e. The molecule has 21 heavy (non-hydrogen) atoms. The van der Waals surface area contributed by atoms with Crippen LogP contribution in [0.4, 0.5) is 18.9 Å². The Bertz CT molecular complexity index is 540. The number of carbonyl (C=O) groups excluding carboxylic acids is 2. The first-order chi connectivity index (χ1) is 9.82. The van der Waals surface area contributed by atoms with Gasteiger partial charge >= 0.3 is 6.18 Å². The van der Waals surface area contributed by atoms with E-state index < -0.39 is 17.8 Å². The summed E-state index contributed by atoms with van der Waals surface area (Å²) in [6, 6.07) is 3.62. The van der Waals surface area contributed by atoms with Crippen LogP contribution in [0.5, 0.6) is 0 Å². The maximum Gasteiger partial charge on any atom is 0.416 e. The van der Waals surface area contributed by atoms with Gasteiger partial charge in [-0.15, -0.1) is 0 Å². The first-order valence-corrected chi connectivity index (χ1v) is 6.61. The standard InChI is InChI=1S/C14H15F3N2O2/c1-2-3-11-13(21)19(8-12(20)18-11)10-6-4-9(5-7-10)14(15,16)17/h4-7,11H,2-3,8H2,1H3,(H,18,20). The lowest BCUT2D eigenvalue weighted by molar-refractivity contribution is -0.137. The number of carbonyl (C=O) groups is 2. The van der Waals surface area contributed by atoms with E-state index in [0.29, 0.717) is 12.1 Å². The largest absolute Gasteiger partial charge is 0.416 e. The van der Waals surface area contributed by atoms with Gasteiger partial charge in [0.1, 0.15) is 12.6 Å². The zero-order valence-electron chi connectivity index (χ0n) is 11.4. The Kier molecular flexibility index (Phi) is 4.20. The molecule has 1 saturated heterocycles. The molecule has 0 aromatic heterocycles. The minimum absolute atomic E-state index is 0.176. The summed E-state index contributed by atoms with van der Waals surface area (Å²) >= 11 is 0. The number of nitrogens with one attached hydrogen (secondary N) is 1. The Morgan fingerprint density at radius 2 is 1.86 bits per heavy atom. The molecule has 1 N–H and O–H groups in total. The number of anilines is 1. The molecule has 1 atom stereocenters. The lowest BCUT2D eigenvalue weighted by atomic mass is 10.1. The predicted octanol–water partition coefficient (Wildman–Crippen LogP) is 2.34. The second-order valence-electron chi connectivity index (χ2n) is 4.88. The number of amides is 2. The van der Waals surface area contributed by atoms with E-state index in [2.05, 4.69) is 5.32 Å². The fourth-order valence-corrected chi connectivity index (χ4v) is 2.24. The molecule has 2 rings (SSSR count). The monoisotopic (exact) mass is 300 g/mol. The van der Waals surface area contributed by atoms with Gasteiger partial charge in [-0.1, -0.05) is 13.3 Å². The van der Waals surface area contributed by atoms with Crippen molar-refractivity contribution in [3.8, 4) is 0 Å². The number of hydrogen-bond donors (Lipinski definition) is 1. The van der Waals surface area contributed by atoms with E-state index >= 15 is 0 Å². The number of rotatable bonds is 3. The van der Waals surface area contributed by atoms with Crippen molar-refractivity contribution < 1.29 is 22.8 Å². The molecule has 114 valence electrons. The number of benzene rings is 1. The van der Waals surface area contributed by atoms with Crippen LogP contribution < -0.4 is 10.2 Å². The van der Waals surface area contributed by atoms with E-state index in [4.69, 9.17) is 0 Å². The maximum absolute atomic E-state index is 12.5. The number of halogens is 3. The zero-order valence-corrected chi connectivity index (χ0v) is 11.4. The summed E-state index contributed by atoms with van der Waals surface area (Å²) in [7, 11) is 0. The van der Waals surface area contributed by atoms with Crippen LogP contribution in [0.1, 0.15) is 25.3 Å². The lowest BCUT2D eigenvalue weighted by Gasteiger charge is -2.32. The third-order valence-corrected chi connectivity index (χ3v) is 3.28. The molecule has 0 spiro atoms. The molecule has 0 radical (unpaired) electrons. The molecular weight excluding hydrogens is 285 g/mol. The summed E-state index contributed by atoms with van der Waals surface area (Å²) in [6.07, 6.45) is -3.20. The molecule has 1 fully saturated rings. The van der Waals surface area contributed by atoms with Gasteiger partial charge in [0.05, 0.1) is 5.56 Å². The van der Waals surface area contributed by atoms with Gasteiger partial charge in [0.25, 0.3) is 0 Å². The summed E-state index contributed by atoms with van der Waals surface area (Å²) in [6.45, 7) is 1.71. The smallest absolute Gasteiger partial charge is 0.343 e. The molecule has 2 amide bonds. The van der Waals surface area contributed by atoms with Crippen molar-refractivity contribution in [3.63, 3.8) is 0 Å². The van der Waals surface area contributed by atoms with Gasteiger partial charge in [-0.3, -0.25) is 9.59 Å². The zero-order chi connectivity index (χ0) is 15.6. The highest BCUT2D eigenvalue weighted by Crippen LogP contribution is 2.30. The maximum atomic E-state index is 12.5. The number of alkyl halides is 3. The summed E-state index contributed by atoms with van der Waals surface area (Å²) < 4.78 is 37.6. The van der Waals surface area contributed by atoms with Gasteiger partial charge in [0, 0.05) is 5.69 Å². The van der Waals surface area contributed by atoms with E-state index in [9.17, 15) is 22.8 Å². The fraction of sp³-hybridized carbons (Fsp3) is 0.429. The normalized spacial score (nSPS) is 19.6. The minimum atomic E-state index is -4.42. The second kappa shape index (κ2) is 5.75. The Labute approximate surface area is 119 Å². The summed E-state index contributed by atoms with van der Waals surface area (Å²) in [5, 5.41) is 2.59. The average Bonchev–Trinajstić information content (AvgIpc) is 2.42. The van der Waals surface area contributed by atoms with Gasteiger partial charge < -0.3 is 10.2 Å². The highest BCUT2D eigenvalue weighted by atomic mass is 19.4. The van der Waals surface area contributed by atoms with Crippen LogP contribution in [0.2, 0.25) is 0 Å². The Morgan fingerprint density at radius 3 is 2.38 bits per heavy atom. The van der Waals surface area contributed by atoms with Crippen molar-refractivity contribution in [2.75, 3.05) is 11.4 Å². The molecule has 1 aromatic carbocycles. The number of hydrogen-bond acceptors (Lipinski definition) is 2. The van der Waals surface area contributed by atoms with E-state index in [1.165, 1.54) is 17.0 Å². The van der Waals surface area contributed by atoms with Crippen molar-refractivity contribution in [2.24, 2.45) is 0 Å². The summed E-state index contributed by atoms with van der Waals surface area (Å²) in [5.74, 6) is -0.607. The van der Waals surface area contributed by atoms with E-state index in [0.717, 1.165) is 18.6 Å². The molecular formula is C14H15F3N2O2. The third-order valence-electron chi connectivity index (χ3n) is 3.28. The summed E-state index contributed by atoms with van der Waals surface area (Å²) in [5.41, 5.74) is -0.491. The molecule has 1 aliphatic rings. The van der Waals surface area contributed by atoms with Crippen LogP contribution in [0, 0.1) is 0 Å². The van der Waals surface area contributed by atoms with Gasteiger partial charge in [-0.2, -0.15) is 13.2 Å². The first kappa shape index (κ1) is 15.3. The Morgan fingerprint density at radius 1 is 1.24 bits per heavy atom. The average molecular weight is 300 g/mol. The van der Waals surface area contributed by atoms with Gasteiger partial charge in [-0.25, -0.2) is 0 Å². The van der Waals surface area contributed by atoms with Crippen LogP contribution in [-0.4, -0.2) is 24.4 Å². The van der Waals surface area contributed by atoms with Crippen LogP contribution >= 0.6 is 0 Å². The first-order valence-electron chi connectivity index (χ1n) is 6.61. The number of nitrogens with zero attached hydrogens (tertiary/aromatic N) is 1. The molecule has 0 bridgehead atoms. The molecule has 0 saturated carbocycles. The van der Waals surface area contributed by atoms with E-state index in [1.807, 2.05) is 6.92 Å². The highest BCUT2D eigenvalue weighted by molar-refractivity contribution is 6.06. The van der Waals surface area contributed by atoms with Crippen molar-refractivity contribution >= 4 is 17.5 Å². The van der Waals surface area contributed by atoms with Crippen molar-refractivity contribution in [2.45, 2.75) is 32.0 Å². The topological polar surface area (TPSA) is 49.4 Å². The van der Waals surface area contributed by atoms with Gasteiger partial charge in [0.15, 0.2) is 0 Å². The quantitative estimate of drug-likeness (QED) is 0.931. The van der Waals surface area contributed by atoms with Crippen molar-refractivity contribution in [1.29, 1.82) is 0 Å². The Balaban J connectivity index is 2.23. The van der Waals surface area contributed by atoms with Crippen molar-refractivity contribution in [3.05, 3.63) is 29.8 Å².